The molecule has 0 spiro atoms. The van der Waals surface area contributed by atoms with Gasteiger partial charge in [0, 0.05) is 17.2 Å². The van der Waals surface area contributed by atoms with Gasteiger partial charge in [-0.05, 0) is 48.5 Å². The molecule has 3 nitrogen and oxygen atoms in total. The van der Waals surface area contributed by atoms with Gasteiger partial charge in [0.2, 0.25) is 0 Å². The first-order valence-corrected chi connectivity index (χ1v) is 5.99. The van der Waals surface area contributed by atoms with Crippen molar-refractivity contribution in [1.82, 2.24) is 5.16 Å². The lowest BCUT2D eigenvalue weighted by molar-refractivity contribution is 0.435. The van der Waals surface area contributed by atoms with Crippen LogP contribution < -0.4 is 0 Å². The summed E-state index contributed by atoms with van der Waals surface area (Å²) in [7, 11) is 0. The van der Waals surface area contributed by atoms with Crippen LogP contribution in [0.25, 0.3) is 22.6 Å². The molecule has 3 rings (SSSR count). The van der Waals surface area contributed by atoms with E-state index in [1.54, 1.807) is 42.5 Å². The third kappa shape index (κ3) is 2.29. The zero-order valence-corrected chi connectivity index (χ0v) is 10.4. The third-order valence-electron chi connectivity index (χ3n) is 2.95. The first kappa shape index (κ1) is 12.1. The van der Waals surface area contributed by atoms with E-state index in [-0.39, 0.29) is 5.82 Å². The molecule has 0 aliphatic heterocycles. The van der Waals surface area contributed by atoms with Crippen molar-refractivity contribution in [1.29, 1.82) is 5.26 Å². The fraction of sp³-hybridized carbons (Fsp3) is 0. The number of rotatable bonds is 2. The number of hydrogen-bond acceptors (Lipinski definition) is 3. The molecule has 1 aromatic heterocycles. The molecular weight excluding hydrogens is 255 g/mol. The van der Waals surface area contributed by atoms with Gasteiger partial charge in [0.15, 0.2) is 5.76 Å². The van der Waals surface area contributed by atoms with Gasteiger partial charge in [-0.15, -0.1) is 0 Å². The highest BCUT2D eigenvalue weighted by molar-refractivity contribution is 5.67. The molecule has 0 N–H and O–H groups in total. The largest absolute Gasteiger partial charge is 0.356 e. The molecule has 20 heavy (non-hydrogen) atoms. The van der Waals surface area contributed by atoms with E-state index in [9.17, 15) is 4.39 Å². The Hall–Kier alpha value is -2.93. The van der Waals surface area contributed by atoms with Crippen molar-refractivity contribution in [2.45, 2.75) is 0 Å². The van der Waals surface area contributed by atoms with Crippen molar-refractivity contribution in [2.75, 3.05) is 0 Å². The SMILES string of the molecule is N#Cc1ccc(-c2cc(-c3ccc(F)cc3)no2)cc1. The van der Waals surface area contributed by atoms with Gasteiger partial charge >= 0.3 is 0 Å². The smallest absolute Gasteiger partial charge is 0.167 e. The maximum absolute atomic E-state index is 12.9. The van der Waals surface area contributed by atoms with Gasteiger partial charge in [-0.25, -0.2) is 4.39 Å². The minimum absolute atomic E-state index is 0.287. The Morgan fingerprint density at radius 1 is 0.950 bits per heavy atom. The average molecular weight is 264 g/mol. The summed E-state index contributed by atoms with van der Waals surface area (Å²) in [5, 5.41) is 12.7. The second kappa shape index (κ2) is 4.98. The number of nitrogens with zero attached hydrogens (tertiary/aromatic N) is 2. The quantitative estimate of drug-likeness (QED) is 0.702. The molecule has 0 fully saturated rings. The Morgan fingerprint density at radius 2 is 1.60 bits per heavy atom. The molecule has 0 saturated heterocycles. The van der Waals surface area contributed by atoms with Crippen molar-refractivity contribution in [3.8, 4) is 28.7 Å². The Balaban J connectivity index is 1.93. The van der Waals surface area contributed by atoms with Gasteiger partial charge in [0.1, 0.15) is 11.5 Å². The molecule has 0 unspecified atom stereocenters. The number of benzene rings is 2. The van der Waals surface area contributed by atoms with Crippen LogP contribution in [0, 0.1) is 17.1 Å². The van der Waals surface area contributed by atoms with E-state index in [1.165, 1.54) is 12.1 Å². The summed E-state index contributed by atoms with van der Waals surface area (Å²) >= 11 is 0. The summed E-state index contributed by atoms with van der Waals surface area (Å²) in [4.78, 5) is 0. The van der Waals surface area contributed by atoms with Gasteiger partial charge in [-0.3, -0.25) is 0 Å². The Bertz CT molecular complexity index is 767. The molecule has 0 atom stereocenters. The average Bonchev–Trinajstić information content (AvgIpc) is 2.98. The van der Waals surface area contributed by atoms with Crippen LogP contribution in [0.3, 0.4) is 0 Å². The summed E-state index contributed by atoms with van der Waals surface area (Å²) in [5.41, 5.74) is 2.86. The molecule has 0 aliphatic rings. The number of halogens is 1. The highest BCUT2D eigenvalue weighted by Gasteiger charge is 2.08. The first-order valence-electron chi connectivity index (χ1n) is 5.99. The van der Waals surface area contributed by atoms with Gasteiger partial charge in [0.05, 0.1) is 11.6 Å². The molecule has 0 saturated carbocycles. The molecule has 2 aromatic carbocycles. The van der Waals surface area contributed by atoms with Gasteiger partial charge < -0.3 is 4.52 Å². The summed E-state index contributed by atoms with van der Waals surface area (Å²) in [6.07, 6.45) is 0. The van der Waals surface area contributed by atoms with Crippen molar-refractivity contribution < 1.29 is 8.91 Å². The van der Waals surface area contributed by atoms with Crippen LogP contribution in [-0.4, -0.2) is 5.16 Å². The minimum Gasteiger partial charge on any atom is -0.356 e. The van der Waals surface area contributed by atoms with Crippen LogP contribution >= 0.6 is 0 Å². The van der Waals surface area contributed by atoms with Gasteiger partial charge in [0.25, 0.3) is 0 Å². The van der Waals surface area contributed by atoms with E-state index in [2.05, 4.69) is 11.2 Å². The number of nitriles is 1. The summed E-state index contributed by atoms with van der Waals surface area (Å²) in [6, 6.07) is 16.9. The first-order chi connectivity index (χ1) is 9.76. The summed E-state index contributed by atoms with van der Waals surface area (Å²) in [5.74, 6) is 0.318. The molecule has 0 radical (unpaired) electrons. The van der Waals surface area contributed by atoms with Crippen LogP contribution in [0.4, 0.5) is 4.39 Å². The molecule has 1 heterocycles. The molecule has 4 heteroatoms. The second-order valence-electron chi connectivity index (χ2n) is 4.27. The highest BCUT2D eigenvalue weighted by Crippen LogP contribution is 2.26. The van der Waals surface area contributed by atoms with Crippen molar-refractivity contribution in [3.05, 3.63) is 66.0 Å². The second-order valence-corrected chi connectivity index (χ2v) is 4.27. The molecular formula is C16H9FN2O. The zero-order chi connectivity index (χ0) is 13.9. The van der Waals surface area contributed by atoms with E-state index < -0.39 is 0 Å². The van der Waals surface area contributed by atoms with E-state index in [0.29, 0.717) is 17.0 Å². The zero-order valence-electron chi connectivity index (χ0n) is 10.4. The predicted octanol–water partition coefficient (Wildman–Crippen LogP) is 4.02. The lowest BCUT2D eigenvalue weighted by atomic mass is 10.1. The third-order valence-corrected chi connectivity index (χ3v) is 2.95. The maximum atomic E-state index is 12.9. The number of aromatic nitrogens is 1. The molecule has 0 bridgehead atoms. The summed E-state index contributed by atoms with van der Waals surface area (Å²) in [6.45, 7) is 0. The van der Waals surface area contributed by atoms with Crippen molar-refractivity contribution in [2.24, 2.45) is 0 Å². The molecule has 0 amide bonds. The van der Waals surface area contributed by atoms with E-state index in [1.807, 2.05) is 0 Å². The number of hydrogen-bond donors (Lipinski definition) is 0. The van der Waals surface area contributed by atoms with Gasteiger partial charge in [-0.2, -0.15) is 5.26 Å². The van der Waals surface area contributed by atoms with E-state index >= 15 is 0 Å². The van der Waals surface area contributed by atoms with E-state index in [0.717, 1.165) is 11.1 Å². The monoisotopic (exact) mass is 264 g/mol. The topological polar surface area (TPSA) is 49.8 Å². The molecule has 0 aliphatic carbocycles. The molecule has 96 valence electrons. The predicted molar refractivity (Wildman–Crippen MR) is 72.0 cm³/mol. The normalized spacial score (nSPS) is 10.2. The van der Waals surface area contributed by atoms with Gasteiger partial charge in [-0.1, -0.05) is 5.16 Å². The van der Waals surface area contributed by atoms with E-state index in [4.69, 9.17) is 9.78 Å². The summed E-state index contributed by atoms with van der Waals surface area (Å²) < 4.78 is 18.2. The fourth-order valence-corrected chi connectivity index (χ4v) is 1.88. The maximum Gasteiger partial charge on any atom is 0.167 e. The van der Waals surface area contributed by atoms with Crippen LogP contribution in [0.1, 0.15) is 5.56 Å². The molecule has 3 aromatic rings. The van der Waals surface area contributed by atoms with Crippen LogP contribution in [0.15, 0.2) is 59.1 Å². The lowest BCUT2D eigenvalue weighted by Crippen LogP contribution is -1.78. The highest BCUT2D eigenvalue weighted by atomic mass is 19.1. The Labute approximate surface area is 114 Å². The van der Waals surface area contributed by atoms with Crippen molar-refractivity contribution in [3.63, 3.8) is 0 Å². The van der Waals surface area contributed by atoms with Crippen molar-refractivity contribution >= 4 is 0 Å². The Morgan fingerprint density at radius 3 is 2.25 bits per heavy atom. The standard InChI is InChI=1S/C16H9FN2O/c17-14-7-5-12(6-8-14)15-9-16(20-19-15)13-3-1-11(10-18)2-4-13/h1-9H. The lowest BCUT2D eigenvalue weighted by Gasteiger charge is -1.94. The van der Waals surface area contributed by atoms with Crippen LogP contribution in [0.2, 0.25) is 0 Å². The van der Waals surface area contributed by atoms with Crippen LogP contribution in [0.5, 0.6) is 0 Å². The minimum atomic E-state index is -0.287. The Kier molecular flexibility index (Phi) is 3.02. The van der Waals surface area contributed by atoms with Crippen LogP contribution in [-0.2, 0) is 0 Å². The fourth-order valence-electron chi connectivity index (χ4n) is 1.88.